The van der Waals surface area contributed by atoms with E-state index in [1.165, 1.54) is 113 Å². The first kappa shape index (κ1) is 17.4. The molecule has 0 spiro atoms. The van der Waals surface area contributed by atoms with Crippen LogP contribution in [0, 0.1) is 0 Å². The highest BCUT2D eigenvalue weighted by molar-refractivity contribution is 5.51. The Morgan fingerprint density at radius 1 is 0.520 bits per heavy atom. The number of hydrogen-bond acceptors (Lipinski definition) is 1. The fourth-order valence-corrected chi connectivity index (χ4v) is 5.97. The van der Waals surface area contributed by atoms with Crippen LogP contribution in [-0.2, 0) is 0 Å². The lowest BCUT2D eigenvalue weighted by molar-refractivity contribution is 0.383. The topological polar surface area (TPSA) is 20.2 Å². The summed E-state index contributed by atoms with van der Waals surface area (Å²) in [5, 5.41) is 11.4. The summed E-state index contributed by atoms with van der Waals surface area (Å²) >= 11 is 0. The fourth-order valence-electron chi connectivity index (χ4n) is 5.97. The maximum absolute atomic E-state index is 11.4. The molecule has 0 unspecified atom stereocenters. The number of hydrogen-bond donors (Lipinski definition) is 1. The first-order chi connectivity index (χ1) is 12.3. The lowest BCUT2D eigenvalue weighted by Gasteiger charge is -2.32. The van der Waals surface area contributed by atoms with Gasteiger partial charge < -0.3 is 5.11 Å². The van der Waals surface area contributed by atoms with E-state index in [9.17, 15) is 5.11 Å². The van der Waals surface area contributed by atoms with Crippen molar-refractivity contribution in [2.24, 2.45) is 0 Å². The van der Waals surface area contributed by atoms with Gasteiger partial charge in [-0.15, -0.1) is 0 Å². The molecule has 0 saturated heterocycles. The smallest absolute Gasteiger partial charge is 0.122 e. The molecule has 138 valence electrons. The Hall–Kier alpha value is -0.980. The summed E-state index contributed by atoms with van der Waals surface area (Å²) in [6, 6.07) is 4.77. The van der Waals surface area contributed by atoms with Gasteiger partial charge in [-0.05, 0) is 67.4 Å². The second-order valence-corrected chi connectivity index (χ2v) is 9.01. The van der Waals surface area contributed by atoms with Crippen LogP contribution in [-0.4, -0.2) is 5.11 Å². The van der Waals surface area contributed by atoms with Gasteiger partial charge in [-0.3, -0.25) is 0 Å². The lowest BCUT2D eigenvalue weighted by Crippen LogP contribution is -2.14. The van der Waals surface area contributed by atoms with Crippen molar-refractivity contribution in [3.05, 3.63) is 28.8 Å². The molecule has 0 bridgehead atoms. The average Bonchev–Trinajstić information content (AvgIpc) is 2.70. The van der Waals surface area contributed by atoms with Crippen LogP contribution < -0.4 is 0 Å². The number of phenols is 1. The molecule has 1 nitrogen and oxygen atoms in total. The highest BCUT2D eigenvalue weighted by Crippen LogP contribution is 2.48. The molecule has 0 aromatic heterocycles. The van der Waals surface area contributed by atoms with E-state index in [1.54, 1.807) is 0 Å². The Labute approximate surface area is 154 Å². The summed E-state index contributed by atoms with van der Waals surface area (Å²) in [5.74, 6) is 2.66. The van der Waals surface area contributed by atoms with Crippen LogP contribution in [0.1, 0.15) is 131 Å². The molecule has 3 aliphatic carbocycles. The van der Waals surface area contributed by atoms with Crippen molar-refractivity contribution in [1.82, 2.24) is 0 Å². The summed E-state index contributed by atoms with van der Waals surface area (Å²) in [4.78, 5) is 0. The maximum atomic E-state index is 11.4. The summed E-state index contributed by atoms with van der Waals surface area (Å²) in [6.45, 7) is 0. The van der Waals surface area contributed by atoms with E-state index in [0.717, 1.165) is 5.75 Å². The van der Waals surface area contributed by atoms with Crippen molar-refractivity contribution in [1.29, 1.82) is 0 Å². The summed E-state index contributed by atoms with van der Waals surface area (Å²) in [6.07, 6.45) is 20.1. The molecule has 3 saturated carbocycles. The molecule has 1 aromatic rings. The largest absolute Gasteiger partial charge is 0.507 e. The predicted molar refractivity (Wildman–Crippen MR) is 106 cm³/mol. The lowest BCUT2D eigenvalue weighted by atomic mass is 9.73. The van der Waals surface area contributed by atoms with Crippen molar-refractivity contribution in [2.75, 3.05) is 0 Å². The molecule has 1 aromatic carbocycles. The summed E-state index contributed by atoms with van der Waals surface area (Å²) in [7, 11) is 0. The molecule has 0 aliphatic heterocycles. The van der Waals surface area contributed by atoms with Gasteiger partial charge >= 0.3 is 0 Å². The van der Waals surface area contributed by atoms with Gasteiger partial charge in [0.2, 0.25) is 0 Å². The van der Waals surface area contributed by atoms with Gasteiger partial charge in [0.1, 0.15) is 5.75 Å². The number of aromatic hydroxyl groups is 1. The van der Waals surface area contributed by atoms with E-state index >= 15 is 0 Å². The van der Waals surface area contributed by atoms with Crippen molar-refractivity contribution >= 4 is 0 Å². The highest BCUT2D eigenvalue weighted by Gasteiger charge is 2.29. The molecule has 0 amide bonds. The minimum atomic E-state index is 0.608. The van der Waals surface area contributed by atoms with Gasteiger partial charge in [0.25, 0.3) is 0 Å². The molecule has 0 atom stereocenters. The SMILES string of the molecule is Oc1c(C2CCCCC2)ccc(C2CCCCC2)c1C1CCCCC1. The molecule has 4 rings (SSSR count). The van der Waals surface area contributed by atoms with Crippen LogP contribution in [0.15, 0.2) is 12.1 Å². The Kier molecular flexibility index (Phi) is 5.68. The number of rotatable bonds is 3. The van der Waals surface area contributed by atoms with Crippen molar-refractivity contribution in [3.8, 4) is 5.75 Å². The molecule has 3 aliphatic rings. The second kappa shape index (κ2) is 8.14. The Morgan fingerprint density at radius 3 is 1.44 bits per heavy atom. The van der Waals surface area contributed by atoms with Crippen LogP contribution in [0.3, 0.4) is 0 Å². The van der Waals surface area contributed by atoms with Crippen molar-refractivity contribution in [2.45, 2.75) is 114 Å². The van der Waals surface area contributed by atoms with Crippen LogP contribution in [0.25, 0.3) is 0 Å². The fraction of sp³-hybridized carbons (Fsp3) is 0.750. The third-order valence-electron chi connectivity index (χ3n) is 7.39. The average molecular weight is 341 g/mol. The van der Waals surface area contributed by atoms with Crippen LogP contribution in [0.5, 0.6) is 5.75 Å². The summed E-state index contributed by atoms with van der Waals surface area (Å²) < 4.78 is 0. The molecule has 25 heavy (non-hydrogen) atoms. The molecule has 1 heteroatoms. The molecule has 1 N–H and O–H groups in total. The molecular formula is C24H36O. The van der Waals surface area contributed by atoms with Crippen molar-refractivity contribution in [3.63, 3.8) is 0 Å². The Bertz CT molecular complexity index is 558. The third-order valence-corrected chi connectivity index (χ3v) is 7.39. The van der Waals surface area contributed by atoms with Gasteiger partial charge in [0, 0.05) is 5.56 Å². The van der Waals surface area contributed by atoms with E-state index in [4.69, 9.17) is 0 Å². The van der Waals surface area contributed by atoms with Crippen molar-refractivity contribution < 1.29 is 5.11 Å². The zero-order chi connectivity index (χ0) is 17.1. The minimum absolute atomic E-state index is 0.608. The Balaban J connectivity index is 1.71. The van der Waals surface area contributed by atoms with E-state index in [-0.39, 0.29) is 0 Å². The van der Waals surface area contributed by atoms with Gasteiger partial charge in [-0.1, -0.05) is 69.9 Å². The standard InChI is InChI=1S/C24H36O/c25-24-22(19-12-6-2-7-13-19)17-16-21(18-10-4-1-5-11-18)23(24)20-14-8-3-9-15-20/h16-20,25H,1-15H2. The number of benzene rings is 1. The monoisotopic (exact) mass is 340 g/mol. The van der Waals surface area contributed by atoms with Crippen LogP contribution in [0.2, 0.25) is 0 Å². The second-order valence-electron chi connectivity index (χ2n) is 9.01. The van der Waals surface area contributed by atoms with Crippen LogP contribution in [0.4, 0.5) is 0 Å². The quantitative estimate of drug-likeness (QED) is 0.602. The van der Waals surface area contributed by atoms with Gasteiger partial charge in [-0.25, -0.2) is 0 Å². The third kappa shape index (κ3) is 3.76. The van der Waals surface area contributed by atoms with Gasteiger partial charge in [-0.2, -0.15) is 0 Å². The zero-order valence-electron chi connectivity index (χ0n) is 15.9. The van der Waals surface area contributed by atoms with Crippen LogP contribution >= 0.6 is 0 Å². The minimum Gasteiger partial charge on any atom is -0.507 e. The van der Waals surface area contributed by atoms with E-state index < -0.39 is 0 Å². The van der Waals surface area contributed by atoms with E-state index in [2.05, 4.69) is 12.1 Å². The molecule has 3 fully saturated rings. The first-order valence-electron chi connectivity index (χ1n) is 11.2. The zero-order valence-corrected chi connectivity index (χ0v) is 15.9. The molecule has 0 radical (unpaired) electrons. The van der Waals surface area contributed by atoms with E-state index in [1.807, 2.05) is 0 Å². The first-order valence-corrected chi connectivity index (χ1v) is 11.2. The summed E-state index contributed by atoms with van der Waals surface area (Å²) in [5.41, 5.74) is 4.22. The highest BCUT2D eigenvalue weighted by atomic mass is 16.3. The molecular weight excluding hydrogens is 304 g/mol. The van der Waals surface area contributed by atoms with Gasteiger partial charge in [0.15, 0.2) is 0 Å². The number of phenolic OH excluding ortho intramolecular Hbond substituents is 1. The predicted octanol–water partition coefficient (Wildman–Crippen LogP) is 7.54. The molecule has 0 heterocycles. The van der Waals surface area contributed by atoms with E-state index in [0.29, 0.717) is 17.8 Å². The Morgan fingerprint density at radius 2 is 0.920 bits per heavy atom. The van der Waals surface area contributed by atoms with Gasteiger partial charge in [0.05, 0.1) is 0 Å². The normalized spacial score (nSPS) is 24.5. The maximum Gasteiger partial charge on any atom is 0.122 e.